The Balaban J connectivity index is 1.15. The molecule has 0 saturated carbocycles. The zero-order valence-electron chi connectivity index (χ0n) is 30.1. The topological polar surface area (TPSA) is 41.9 Å². The van der Waals surface area contributed by atoms with Crippen LogP contribution in [0.15, 0.2) is 219 Å². The highest BCUT2D eigenvalue weighted by Crippen LogP contribution is 2.40. The molecular formula is C51H36N4. The summed E-state index contributed by atoms with van der Waals surface area (Å²) in [4.78, 5) is 15.4. The largest absolute Gasteiger partial charge is 0.310 e. The second kappa shape index (κ2) is 15.3. The van der Waals surface area contributed by atoms with Crippen LogP contribution in [-0.4, -0.2) is 15.0 Å². The second-order valence-electron chi connectivity index (χ2n) is 13.5. The fraction of sp³-hybridized carbons (Fsp3) is 0. The molecule has 0 unspecified atom stereocenters. The monoisotopic (exact) mass is 704 g/mol. The molecule has 55 heavy (non-hydrogen) atoms. The van der Waals surface area contributed by atoms with Gasteiger partial charge in [0.15, 0.2) is 0 Å². The van der Waals surface area contributed by atoms with E-state index in [0.29, 0.717) is 0 Å². The summed E-state index contributed by atoms with van der Waals surface area (Å²) in [6.07, 6.45) is 11.2. The number of aromatic nitrogens is 3. The molecule has 9 rings (SSSR count). The maximum Gasteiger partial charge on any atom is 0.0467 e. The highest BCUT2D eigenvalue weighted by molar-refractivity contribution is 5.85. The molecule has 0 radical (unpaired) electrons. The van der Waals surface area contributed by atoms with Gasteiger partial charge in [-0.3, -0.25) is 15.0 Å². The summed E-state index contributed by atoms with van der Waals surface area (Å²) in [6.45, 7) is 0. The normalized spacial score (nSPS) is 10.9. The molecule has 0 atom stereocenters. The summed E-state index contributed by atoms with van der Waals surface area (Å²) in [7, 11) is 0. The van der Waals surface area contributed by atoms with Gasteiger partial charge in [0.1, 0.15) is 0 Å². The summed E-state index contributed by atoms with van der Waals surface area (Å²) < 4.78 is 0. The zero-order chi connectivity index (χ0) is 36.8. The molecule has 0 saturated heterocycles. The lowest BCUT2D eigenvalue weighted by Gasteiger charge is -2.27. The van der Waals surface area contributed by atoms with Gasteiger partial charge in [-0.15, -0.1) is 0 Å². The molecule has 0 bridgehead atoms. The van der Waals surface area contributed by atoms with Gasteiger partial charge in [-0.25, -0.2) is 0 Å². The molecule has 0 fully saturated rings. The Morgan fingerprint density at radius 3 is 0.745 bits per heavy atom. The Morgan fingerprint density at radius 1 is 0.236 bits per heavy atom. The summed E-state index contributed by atoms with van der Waals surface area (Å²) in [5.41, 5.74) is 16.7. The molecule has 6 aromatic carbocycles. The quantitative estimate of drug-likeness (QED) is 0.150. The minimum Gasteiger partial charge on any atom is -0.310 e. The third-order valence-corrected chi connectivity index (χ3v) is 9.89. The number of benzene rings is 6. The Kier molecular flexibility index (Phi) is 9.28. The van der Waals surface area contributed by atoms with Crippen molar-refractivity contribution in [2.24, 2.45) is 0 Å². The van der Waals surface area contributed by atoms with Crippen LogP contribution < -0.4 is 4.90 Å². The van der Waals surface area contributed by atoms with Gasteiger partial charge < -0.3 is 4.90 Å². The van der Waals surface area contributed by atoms with Crippen LogP contribution in [0, 0.1) is 0 Å². The molecule has 4 nitrogen and oxygen atoms in total. The van der Waals surface area contributed by atoms with Crippen molar-refractivity contribution < 1.29 is 0 Å². The molecule has 9 aromatic rings. The lowest BCUT2D eigenvalue weighted by molar-refractivity contribution is 1.28. The van der Waals surface area contributed by atoms with Gasteiger partial charge in [0, 0.05) is 70.9 Å². The highest BCUT2D eigenvalue weighted by atomic mass is 15.1. The maximum atomic E-state index is 4.35. The molecule has 0 aliphatic heterocycles. The number of anilines is 3. The smallest absolute Gasteiger partial charge is 0.0467 e. The van der Waals surface area contributed by atoms with Crippen molar-refractivity contribution in [2.45, 2.75) is 0 Å². The standard InChI is InChI=1S/C51H36N4/c1-10-37(28-40(13-1)46-19-7-25-52-34-46)43-16-4-22-49(31-43)55(50-23-5-17-44(32-50)38-11-2-14-41(29-38)47-20-8-26-53-35-47)51-24-6-18-45(33-51)39-12-3-15-42(30-39)48-21-9-27-54-36-48/h1-36H. The first-order valence-electron chi connectivity index (χ1n) is 18.4. The van der Waals surface area contributed by atoms with Crippen molar-refractivity contribution in [2.75, 3.05) is 4.90 Å². The fourth-order valence-corrected chi connectivity index (χ4v) is 7.16. The summed E-state index contributed by atoms with van der Waals surface area (Å²) in [5.74, 6) is 0. The van der Waals surface area contributed by atoms with E-state index in [2.05, 4.69) is 184 Å². The van der Waals surface area contributed by atoms with E-state index in [0.717, 1.165) is 83.8 Å². The van der Waals surface area contributed by atoms with E-state index in [9.17, 15) is 0 Å². The number of rotatable bonds is 9. The van der Waals surface area contributed by atoms with E-state index in [4.69, 9.17) is 0 Å². The van der Waals surface area contributed by atoms with Gasteiger partial charge in [-0.1, -0.05) is 109 Å². The zero-order valence-corrected chi connectivity index (χ0v) is 30.1. The van der Waals surface area contributed by atoms with Crippen molar-refractivity contribution in [1.82, 2.24) is 15.0 Å². The van der Waals surface area contributed by atoms with Crippen LogP contribution in [0.4, 0.5) is 17.1 Å². The number of hydrogen-bond donors (Lipinski definition) is 0. The van der Waals surface area contributed by atoms with Gasteiger partial charge in [0.05, 0.1) is 0 Å². The molecule has 3 heterocycles. The van der Waals surface area contributed by atoms with Crippen LogP contribution in [0.2, 0.25) is 0 Å². The van der Waals surface area contributed by atoms with Crippen molar-refractivity contribution in [3.8, 4) is 66.8 Å². The van der Waals surface area contributed by atoms with Gasteiger partial charge in [0.25, 0.3) is 0 Å². The molecule has 0 aliphatic rings. The minimum atomic E-state index is 1.06. The van der Waals surface area contributed by atoms with Gasteiger partial charge in [-0.05, 0) is 123 Å². The first kappa shape index (κ1) is 33.4. The average molecular weight is 705 g/mol. The van der Waals surface area contributed by atoms with Crippen LogP contribution >= 0.6 is 0 Å². The van der Waals surface area contributed by atoms with Gasteiger partial charge >= 0.3 is 0 Å². The van der Waals surface area contributed by atoms with Crippen molar-refractivity contribution in [1.29, 1.82) is 0 Å². The van der Waals surface area contributed by atoms with E-state index in [1.807, 2.05) is 55.4 Å². The average Bonchev–Trinajstić information content (AvgIpc) is 3.28. The summed E-state index contributed by atoms with van der Waals surface area (Å²) in [6, 6.07) is 64.7. The Morgan fingerprint density at radius 2 is 0.473 bits per heavy atom. The molecule has 3 aromatic heterocycles. The van der Waals surface area contributed by atoms with Crippen LogP contribution in [0.1, 0.15) is 0 Å². The number of nitrogens with zero attached hydrogens (tertiary/aromatic N) is 4. The third kappa shape index (κ3) is 7.30. The van der Waals surface area contributed by atoms with Crippen LogP contribution in [0.5, 0.6) is 0 Å². The second-order valence-corrected chi connectivity index (χ2v) is 13.5. The summed E-state index contributed by atoms with van der Waals surface area (Å²) in [5, 5.41) is 0. The SMILES string of the molecule is c1cncc(-c2cccc(-c3cccc(N(c4cccc(-c5cccc(-c6cccnc6)c5)c4)c4cccc(-c5cccc(-c6cccnc6)c5)c4)c3)c2)c1. The van der Waals surface area contributed by atoms with E-state index in [1.165, 1.54) is 0 Å². The van der Waals surface area contributed by atoms with Crippen molar-refractivity contribution in [3.05, 3.63) is 219 Å². The maximum absolute atomic E-state index is 4.35. The van der Waals surface area contributed by atoms with Crippen LogP contribution in [0.25, 0.3) is 66.8 Å². The molecule has 0 N–H and O–H groups in total. The minimum absolute atomic E-state index is 1.06. The van der Waals surface area contributed by atoms with Gasteiger partial charge in [-0.2, -0.15) is 0 Å². The van der Waals surface area contributed by atoms with Crippen LogP contribution in [-0.2, 0) is 0 Å². The first-order chi connectivity index (χ1) is 27.2. The molecule has 0 amide bonds. The van der Waals surface area contributed by atoms with E-state index in [-0.39, 0.29) is 0 Å². The lowest BCUT2D eigenvalue weighted by atomic mass is 9.97. The predicted octanol–water partition coefficient (Wildman–Crippen LogP) is 13.3. The molecule has 0 aliphatic carbocycles. The van der Waals surface area contributed by atoms with Gasteiger partial charge in [0.2, 0.25) is 0 Å². The molecular weight excluding hydrogens is 669 g/mol. The van der Waals surface area contributed by atoms with Crippen molar-refractivity contribution in [3.63, 3.8) is 0 Å². The summed E-state index contributed by atoms with van der Waals surface area (Å²) >= 11 is 0. The van der Waals surface area contributed by atoms with E-state index >= 15 is 0 Å². The lowest BCUT2D eigenvalue weighted by Crippen LogP contribution is -2.10. The first-order valence-corrected chi connectivity index (χ1v) is 18.4. The third-order valence-electron chi connectivity index (χ3n) is 9.89. The fourth-order valence-electron chi connectivity index (χ4n) is 7.16. The van der Waals surface area contributed by atoms with E-state index in [1.54, 1.807) is 0 Å². The number of pyridine rings is 3. The van der Waals surface area contributed by atoms with Crippen molar-refractivity contribution >= 4 is 17.1 Å². The van der Waals surface area contributed by atoms with E-state index < -0.39 is 0 Å². The molecule has 4 heteroatoms. The molecule has 0 spiro atoms. The number of hydrogen-bond acceptors (Lipinski definition) is 4. The highest BCUT2D eigenvalue weighted by Gasteiger charge is 2.16. The Bertz CT molecular complexity index is 2410. The molecule has 260 valence electrons. The predicted molar refractivity (Wildman–Crippen MR) is 227 cm³/mol. The Labute approximate surface area is 321 Å². The Hall–Kier alpha value is -7.43. The van der Waals surface area contributed by atoms with Crippen LogP contribution in [0.3, 0.4) is 0 Å².